The van der Waals surface area contributed by atoms with E-state index in [9.17, 15) is 0 Å². The van der Waals surface area contributed by atoms with Crippen molar-refractivity contribution in [1.29, 1.82) is 0 Å². The summed E-state index contributed by atoms with van der Waals surface area (Å²) in [6, 6.07) is 3.55. The predicted octanol–water partition coefficient (Wildman–Crippen LogP) is 3.96. The Morgan fingerprint density at radius 2 is 2.10 bits per heavy atom. The molecule has 20 heavy (non-hydrogen) atoms. The summed E-state index contributed by atoms with van der Waals surface area (Å²) in [7, 11) is 0. The van der Waals surface area contributed by atoms with Crippen molar-refractivity contribution >= 4 is 0 Å². The van der Waals surface area contributed by atoms with Crippen molar-refractivity contribution in [2.75, 3.05) is 6.54 Å². The third-order valence-electron chi connectivity index (χ3n) is 4.70. The van der Waals surface area contributed by atoms with E-state index in [2.05, 4.69) is 43.0 Å². The third-order valence-corrected chi connectivity index (χ3v) is 4.70. The highest BCUT2D eigenvalue weighted by Gasteiger charge is 2.24. The molecule has 0 radical (unpaired) electrons. The van der Waals surface area contributed by atoms with Gasteiger partial charge in [0, 0.05) is 12.2 Å². The number of hydrogen-bond donors (Lipinski definition) is 1. The largest absolute Gasteiger partial charge is 0.314 e. The van der Waals surface area contributed by atoms with E-state index >= 15 is 0 Å². The maximum Gasteiger partial charge on any atom is 0.0627 e. The van der Waals surface area contributed by atoms with Crippen LogP contribution in [0.3, 0.4) is 0 Å². The fourth-order valence-electron chi connectivity index (χ4n) is 3.44. The van der Waals surface area contributed by atoms with Crippen LogP contribution < -0.4 is 5.32 Å². The molecule has 0 amide bonds. The maximum absolute atomic E-state index is 4.80. The van der Waals surface area contributed by atoms with Gasteiger partial charge in [-0.25, -0.2) is 0 Å². The standard InChI is InChI=1S/C17H31N3/c1-4-10-18-15-8-7-14(12-15)13-16-9-11-20(19-16)17(5-2)6-3/h9,11,14-15,17-18H,4-8,10,12-13H2,1-3H3. The van der Waals surface area contributed by atoms with E-state index in [-0.39, 0.29) is 0 Å². The summed E-state index contributed by atoms with van der Waals surface area (Å²) < 4.78 is 2.18. The lowest BCUT2D eigenvalue weighted by Gasteiger charge is -2.13. The molecular formula is C17H31N3. The van der Waals surface area contributed by atoms with Crippen LogP contribution in [0.1, 0.15) is 71.0 Å². The van der Waals surface area contributed by atoms with Gasteiger partial charge in [0.15, 0.2) is 0 Å². The second kappa shape index (κ2) is 7.82. The minimum absolute atomic E-state index is 0.575. The van der Waals surface area contributed by atoms with Crippen LogP contribution in [0.4, 0.5) is 0 Å². The molecule has 3 heteroatoms. The quantitative estimate of drug-likeness (QED) is 0.779. The van der Waals surface area contributed by atoms with E-state index < -0.39 is 0 Å². The summed E-state index contributed by atoms with van der Waals surface area (Å²) in [6.45, 7) is 7.90. The molecule has 2 unspecified atom stereocenters. The van der Waals surface area contributed by atoms with E-state index in [4.69, 9.17) is 5.10 Å². The van der Waals surface area contributed by atoms with Crippen LogP contribution in [0.25, 0.3) is 0 Å². The van der Waals surface area contributed by atoms with Crippen LogP contribution in [0.5, 0.6) is 0 Å². The van der Waals surface area contributed by atoms with Gasteiger partial charge < -0.3 is 5.32 Å². The smallest absolute Gasteiger partial charge is 0.0627 e. The first-order valence-electron chi connectivity index (χ1n) is 8.54. The molecule has 3 nitrogen and oxygen atoms in total. The predicted molar refractivity (Wildman–Crippen MR) is 85.0 cm³/mol. The zero-order chi connectivity index (χ0) is 14.4. The minimum atomic E-state index is 0.575. The molecular weight excluding hydrogens is 246 g/mol. The third kappa shape index (κ3) is 4.08. The molecule has 1 saturated carbocycles. The summed E-state index contributed by atoms with van der Waals surface area (Å²) in [5.41, 5.74) is 1.29. The summed E-state index contributed by atoms with van der Waals surface area (Å²) in [5.74, 6) is 0.828. The first kappa shape index (κ1) is 15.6. The monoisotopic (exact) mass is 277 g/mol. The van der Waals surface area contributed by atoms with Crippen LogP contribution in [-0.2, 0) is 6.42 Å². The van der Waals surface area contributed by atoms with Crippen LogP contribution in [0.2, 0.25) is 0 Å². The second-order valence-electron chi connectivity index (χ2n) is 6.29. The van der Waals surface area contributed by atoms with Crippen LogP contribution >= 0.6 is 0 Å². The maximum atomic E-state index is 4.80. The van der Waals surface area contributed by atoms with Crippen molar-refractivity contribution in [3.8, 4) is 0 Å². The summed E-state index contributed by atoms with van der Waals surface area (Å²) in [6.07, 6.45) is 11.0. The normalized spacial score (nSPS) is 22.8. The van der Waals surface area contributed by atoms with Gasteiger partial charge in [-0.15, -0.1) is 0 Å². The first-order valence-corrected chi connectivity index (χ1v) is 8.54. The van der Waals surface area contributed by atoms with Gasteiger partial charge >= 0.3 is 0 Å². The van der Waals surface area contributed by atoms with Crippen molar-refractivity contribution in [3.63, 3.8) is 0 Å². The molecule has 1 aromatic rings. The molecule has 0 aromatic carbocycles. The van der Waals surface area contributed by atoms with Crippen LogP contribution in [-0.4, -0.2) is 22.4 Å². The Morgan fingerprint density at radius 3 is 2.80 bits per heavy atom. The number of nitrogens with one attached hydrogen (secondary N) is 1. The molecule has 1 N–H and O–H groups in total. The number of nitrogens with zero attached hydrogens (tertiary/aromatic N) is 2. The van der Waals surface area contributed by atoms with Gasteiger partial charge in [-0.05, 0) is 63.5 Å². The molecule has 1 heterocycles. The lowest BCUT2D eigenvalue weighted by atomic mass is 10.0. The molecule has 0 spiro atoms. The molecule has 0 aliphatic heterocycles. The Balaban J connectivity index is 1.82. The van der Waals surface area contributed by atoms with Gasteiger partial charge in [0.2, 0.25) is 0 Å². The van der Waals surface area contributed by atoms with Crippen molar-refractivity contribution < 1.29 is 0 Å². The summed E-state index contributed by atoms with van der Waals surface area (Å²) in [5, 5.41) is 8.46. The lowest BCUT2D eigenvalue weighted by molar-refractivity contribution is 0.420. The van der Waals surface area contributed by atoms with Crippen LogP contribution in [0.15, 0.2) is 12.3 Å². The van der Waals surface area contributed by atoms with Crippen molar-refractivity contribution in [2.45, 2.75) is 77.8 Å². The Labute approximate surface area is 124 Å². The Kier molecular flexibility index (Phi) is 6.08. The average Bonchev–Trinajstić information content (AvgIpc) is 3.08. The lowest BCUT2D eigenvalue weighted by Crippen LogP contribution is -2.27. The highest BCUT2D eigenvalue weighted by molar-refractivity contribution is 5.02. The summed E-state index contributed by atoms with van der Waals surface area (Å²) in [4.78, 5) is 0. The first-order chi connectivity index (χ1) is 9.76. The van der Waals surface area contributed by atoms with Gasteiger partial charge in [0.1, 0.15) is 0 Å². The number of hydrogen-bond acceptors (Lipinski definition) is 2. The van der Waals surface area contributed by atoms with Gasteiger partial charge in [0.25, 0.3) is 0 Å². The summed E-state index contributed by atoms with van der Waals surface area (Å²) >= 11 is 0. The molecule has 1 aromatic heterocycles. The van der Waals surface area contributed by atoms with E-state index in [1.807, 2.05) is 0 Å². The van der Waals surface area contributed by atoms with Crippen molar-refractivity contribution in [1.82, 2.24) is 15.1 Å². The minimum Gasteiger partial charge on any atom is -0.314 e. The van der Waals surface area contributed by atoms with Gasteiger partial charge in [0.05, 0.1) is 11.7 Å². The highest BCUT2D eigenvalue weighted by Crippen LogP contribution is 2.28. The molecule has 1 fully saturated rings. The zero-order valence-corrected chi connectivity index (χ0v) is 13.4. The highest BCUT2D eigenvalue weighted by atomic mass is 15.3. The Bertz CT molecular complexity index is 381. The zero-order valence-electron chi connectivity index (χ0n) is 13.4. The SMILES string of the molecule is CCCNC1CCC(Cc2ccn(C(CC)CC)n2)C1. The molecule has 0 bridgehead atoms. The molecule has 1 aliphatic rings. The fourth-order valence-corrected chi connectivity index (χ4v) is 3.44. The van der Waals surface area contributed by atoms with E-state index in [0.29, 0.717) is 6.04 Å². The van der Waals surface area contributed by atoms with E-state index in [1.165, 1.54) is 50.8 Å². The Hall–Kier alpha value is -0.830. The fraction of sp³-hybridized carbons (Fsp3) is 0.824. The topological polar surface area (TPSA) is 29.9 Å². The van der Waals surface area contributed by atoms with Crippen molar-refractivity contribution in [3.05, 3.63) is 18.0 Å². The molecule has 1 aliphatic carbocycles. The van der Waals surface area contributed by atoms with Crippen molar-refractivity contribution in [2.24, 2.45) is 5.92 Å². The van der Waals surface area contributed by atoms with Gasteiger partial charge in [-0.3, -0.25) is 4.68 Å². The van der Waals surface area contributed by atoms with Crippen LogP contribution in [0, 0.1) is 5.92 Å². The molecule has 2 rings (SSSR count). The van der Waals surface area contributed by atoms with E-state index in [1.54, 1.807) is 0 Å². The molecule has 0 saturated heterocycles. The second-order valence-corrected chi connectivity index (χ2v) is 6.29. The van der Waals surface area contributed by atoms with Gasteiger partial charge in [-0.2, -0.15) is 5.10 Å². The number of aromatic nitrogens is 2. The van der Waals surface area contributed by atoms with E-state index in [0.717, 1.165) is 18.4 Å². The Morgan fingerprint density at radius 1 is 1.30 bits per heavy atom. The average molecular weight is 277 g/mol. The number of rotatable bonds is 8. The molecule has 2 atom stereocenters. The molecule has 114 valence electrons. The van der Waals surface area contributed by atoms with Gasteiger partial charge in [-0.1, -0.05) is 20.8 Å².